The molecule has 4 aromatic rings. The van der Waals surface area contributed by atoms with E-state index in [1.165, 1.54) is 0 Å². The van der Waals surface area contributed by atoms with Crippen molar-refractivity contribution in [3.63, 3.8) is 0 Å². The van der Waals surface area contributed by atoms with E-state index in [-0.39, 0.29) is 24.4 Å². The molecule has 36 heavy (non-hydrogen) atoms. The second-order valence-corrected chi connectivity index (χ2v) is 9.47. The van der Waals surface area contributed by atoms with Gasteiger partial charge < -0.3 is 20.0 Å². The Morgan fingerprint density at radius 2 is 1.86 bits per heavy atom. The number of nitrogens with zero attached hydrogens (tertiary/aromatic N) is 2. The lowest BCUT2D eigenvalue weighted by Crippen LogP contribution is -2.32. The van der Waals surface area contributed by atoms with Gasteiger partial charge in [-0.1, -0.05) is 35.9 Å². The maximum absolute atomic E-state index is 12.8. The van der Waals surface area contributed by atoms with Gasteiger partial charge in [0, 0.05) is 35.4 Å². The maximum Gasteiger partial charge on any atom is 0.226 e. The minimum atomic E-state index is -0.264. The van der Waals surface area contributed by atoms with Crippen LogP contribution in [-0.4, -0.2) is 27.4 Å². The van der Waals surface area contributed by atoms with Gasteiger partial charge in [0.1, 0.15) is 17.6 Å². The third kappa shape index (κ3) is 5.12. The number of thiocarbonyl (C=S) groups is 1. The van der Waals surface area contributed by atoms with E-state index in [2.05, 4.69) is 15.6 Å². The Morgan fingerprint density at radius 3 is 2.61 bits per heavy atom. The molecule has 2 atom stereocenters. The Hall–Kier alpha value is -3.68. The summed E-state index contributed by atoms with van der Waals surface area (Å²) in [7, 11) is 0. The number of aromatic nitrogens is 1. The number of benzene rings is 2. The molecule has 0 bridgehead atoms. The molecule has 182 valence electrons. The highest BCUT2D eigenvalue weighted by Crippen LogP contribution is 2.40. The van der Waals surface area contributed by atoms with Gasteiger partial charge in [0.05, 0.1) is 11.7 Å². The van der Waals surface area contributed by atoms with Gasteiger partial charge in [-0.05, 0) is 79.3 Å². The molecule has 2 aromatic heterocycles. The van der Waals surface area contributed by atoms with Crippen molar-refractivity contribution in [2.45, 2.75) is 25.4 Å². The summed E-state index contributed by atoms with van der Waals surface area (Å²) in [6, 6.07) is 24.4. The zero-order valence-corrected chi connectivity index (χ0v) is 21.2. The van der Waals surface area contributed by atoms with Gasteiger partial charge in [0.15, 0.2) is 5.11 Å². The molecule has 1 aliphatic heterocycles. The zero-order valence-electron chi connectivity index (χ0n) is 19.6. The molecule has 1 amide bonds. The number of rotatable bonds is 7. The average Bonchev–Trinajstić information content (AvgIpc) is 3.50. The minimum Gasteiger partial charge on any atom is -0.459 e. The number of pyridine rings is 1. The smallest absolute Gasteiger partial charge is 0.226 e. The first-order valence-corrected chi connectivity index (χ1v) is 12.5. The second kappa shape index (κ2) is 10.5. The van der Waals surface area contributed by atoms with Crippen molar-refractivity contribution < 1.29 is 9.21 Å². The van der Waals surface area contributed by atoms with Gasteiger partial charge in [-0.15, -0.1) is 0 Å². The number of hydrogen-bond acceptors (Lipinski definition) is 4. The third-order valence-corrected chi connectivity index (χ3v) is 6.85. The van der Waals surface area contributed by atoms with Crippen LogP contribution < -0.4 is 10.6 Å². The van der Waals surface area contributed by atoms with Gasteiger partial charge in [0.25, 0.3) is 0 Å². The summed E-state index contributed by atoms with van der Waals surface area (Å²) in [5.74, 6) is 1.40. The van der Waals surface area contributed by atoms with E-state index in [0.29, 0.717) is 16.7 Å². The van der Waals surface area contributed by atoms with Crippen LogP contribution >= 0.6 is 23.8 Å². The Labute approximate surface area is 220 Å². The number of carbonyl (C=O) groups is 1. The molecule has 6 nitrogen and oxygen atoms in total. The van der Waals surface area contributed by atoms with Gasteiger partial charge in [-0.2, -0.15) is 0 Å². The standard InChI is InChI=1S/C28H25ClN4O2S/c1-18-6-2-3-7-21(18)31-25(34)15-17-33-27(26(32-28(33)36)22-8-4-5-16-30-22)24-14-13-23(35-24)19-9-11-20(29)12-10-19/h2-14,16,26-27H,15,17H2,1H3,(H,31,34)(H,32,36)/t26-,27+/m0/s1. The lowest BCUT2D eigenvalue weighted by Gasteiger charge is -2.26. The van der Waals surface area contributed by atoms with E-state index in [0.717, 1.165) is 34.0 Å². The van der Waals surface area contributed by atoms with Crippen LogP contribution in [0.2, 0.25) is 5.02 Å². The molecule has 2 aromatic carbocycles. The van der Waals surface area contributed by atoms with Gasteiger partial charge in [-0.25, -0.2) is 0 Å². The molecule has 1 fully saturated rings. The molecule has 0 radical (unpaired) electrons. The van der Waals surface area contributed by atoms with Crippen LogP contribution in [0.15, 0.2) is 89.5 Å². The largest absolute Gasteiger partial charge is 0.459 e. The molecule has 0 spiro atoms. The molecule has 0 aliphatic carbocycles. The van der Waals surface area contributed by atoms with E-state index in [9.17, 15) is 4.79 Å². The van der Waals surface area contributed by atoms with E-state index >= 15 is 0 Å². The summed E-state index contributed by atoms with van der Waals surface area (Å²) < 4.78 is 6.33. The molecule has 2 N–H and O–H groups in total. The Balaban J connectivity index is 1.40. The molecule has 3 heterocycles. The van der Waals surface area contributed by atoms with E-state index in [1.807, 2.05) is 90.7 Å². The van der Waals surface area contributed by atoms with Crippen molar-refractivity contribution in [2.75, 3.05) is 11.9 Å². The van der Waals surface area contributed by atoms with E-state index in [1.54, 1.807) is 6.20 Å². The van der Waals surface area contributed by atoms with Crippen molar-refractivity contribution in [1.82, 2.24) is 15.2 Å². The molecule has 5 rings (SSSR count). The molecule has 1 saturated heterocycles. The van der Waals surface area contributed by atoms with Crippen LogP contribution in [0.25, 0.3) is 11.3 Å². The van der Waals surface area contributed by atoms with Crippen molar-refractivity contribution in [3.05, 3.63) is 107 Å². The first-order valence-electron chi connectivity index (χ1n) is 11.7. The highest BCUT2D eigenvalue weighted by Gasteiger charge is 2.41. The number of para-hydroxylation sites is 1. The Bertz CT molecular complexity index is 1370. The first kappa shape index (κ1) is 24.0. The topological polar surface area (TPSA) is 70.4 Å². The number of carbonyl (C=O) groups excluding carboxylic acids is 1. The highest BCUT2D eigenvalue weighted by atomic mass is 35.5. The summed E-state index contributed by atoms with van der Waals surface area (Å²) in [5.41, 5.74) is 3.60. The van der Waals surface area contributed by atoms with E-state index < -0.39 is 0 Å². The fourth-order valence-electron chi connectivity index (χ4n) is 4.38. The van der Waals surface area contributed by atoms with Crippen LogP contribution in [0.3, 0.4) is 0 Å². The SMILES string of the molecule is Cc1ccccc1NC(=O)CCN1C(=S)N[C@@H](c2ccccn2)[C@H]1c1ccc(-c2ccc(Cl)cc2)o1. The number of aryl methyl sites for hydroxylation is 1. The summed E-state index contributed by atoms with van der Waals surface area (Å²) in [4.78, 5) is 19.4. The Kier molecular flexibility index (Phi) is 7.02. The quantitative estimate of drug-likeness (QED) is 0.281. The summed E-state index contributed by atoms with van der Waals surface area (Å²) >= 11 is 11.8. The summed E-state index contributed by atoms with van der Waals surface area (Å²) in [6.07, 6.45) is 2.03. The number of anilines is 1. The van der Waals surface area contributed by atoms with Crippen LogP contribution in [0.1, 0.15) is 35.5 Å². The highest BCUT2D eigenvalue weighted by molar-refractivity contribution is 7.80. The molecule has 8 heteroatoms. The van der Waals surface area contributed by atoms with Crippen molar-refractivity contribution in [2.24, 2.45) is 0 Å². The van der Waals surface area contributed by atoms with Crippen molar-refractivity contribution in [1.29, 1.82) is 0 Å². The molecule has 1 aliphatic rings. The number of nitrogens with one attached hydrogen (secondary N) is 2. The number of furan rings is 1. The Morgan fingerprint density at radius 1 is 1.08 bits per heavy atom. The van der Waals surface area contributed by atoms with Crippen LogP contribution in [0, 0.1) is 6.92 Å². The molecular formula is C28H25ClN4O2S. The van der Waals surface area contributed by atoms with Crippen molar-refractivity contribution in [3.8, 4) is 11.3 Å². The molecular weight excluding hydrogens is 492 g/mol. The van der Waals surface area contributed by atoms with Gasteiger partial charge in [0.2, 0.25) is 5.91 Å². The zero-order chi connectivity index (χ0) is 25.1. The van der Waals surface area contributed by atoms with Crippen LogP contribution in [0.4, 0.5) is 5.69 Å². The van der Waals surface area contributed by atoms with Crippen LogP contribution in [-0.2, 0) is 4.79 Å². The van der Waals surface area contributed by atoms with E-state index in [4.69, 9.17) is 28.2 Å². The maximum atomic E-state index is 12.8. The first-order chi connectivity index (χ1) is 17.5. The predicted octanol–water partition coefficient (Wildman–Crippen LogP) is 6.30. The average molecular weight is 517 g/mol. The predicted molar refractivity (Wildman–Crippen MR) is 146 cm³/mol. The molecule has 0 unspecified atom stereocenters. The van der Waals surface area contributed by atoms with Gasteiger partial charge >= 0.3 is 0 Å². The fraction of sp³-hybridized carbons (Fsp3) is 0.179. The number of amides is 1. The normalized spacial score (nSPS) is 17.2. The summed E-state index contributed by atoms with van der Waals surface area (Å²) in [5, 5.41) is 7.62. The summed E-state index contributed by atoms with van der Waals surface area (Å²) in [6.45, 7) is 2.40. The van der Waals surface area contributed by atoms with Crippen LogP contribution in [0.5, 0.6) is 0 Å². The second-order valence-electron chi connectivity index (χ2n) is 8.64. The lowest BCUT2D eigenvalue weighted by atomic mass is 10.0. The van der Waals surface area contributed by atoms with Crippen molar-refractivity contribution >= 4 is 40.5 Å². The molecule has 0 saturated carbocycles. The fourth-order valence-corrected chi connectivity index (χ4v) is 4.84. The monoisotopic (exact) mass is 516 g/mol. The lowest BCUT2D eigenvalue weighted by molar-refractivity contribution is -0.116. The van der Waals surface area contributed by atoms with Gasteiger partial charge in [-0.3, -0.25) is 9.78 Å². The minimum absolute atomic E-state index is 0.0755. The number of hydrogen-bond donors (Lipinski definition) is 2. The number of halogens is 1. The third-order valence-electron chi connectivity index (χ3n) is 6.24.